The highest BCUT2D eigenvalue weighted by Crippen LogP contribution is 2.28. The molecule has 2 rings (SSSR count). The van der Waals surface area contributed by atoms with Gasteiger partial charge in [0.1, 0.15) is 0 Å². The Balaban J connectivity index is 2.32. The lowest BCUT2D eigenvalue weighted by atomic mass is 9.96. The van der Waals surface area contributed by atoms with Gasteiger partial charge in [0.2, 0.25) is 0 Å². The van der Waals surface area contributed by atoms with Crippen LogP contribution in [0.2, 0.25) is 0 Å². The second kappa shape index (κ2) is 5.70. The van der Waals surface area contributed by atoms with E-state index in [1.807, 2.05) is 0 Å². The number of rotatable bonds is 2. The van der Waals surface area contributed by atoms with Crippen molar-refractivity contribution >= 4 is 0 Å². The summed E-state index contributed by atoms with van der Waals surface area (Å²) in [5.41, 5.74) is 4.48. The Labute approximate surface area is 105 Å². The summed E-state index contributed by atoms with van der Waals surface area (Å²) in [6.45, 7) is 4.58. The van der Waals surface area contributed by atoms with Crippen LogP contribution in [0, 0.1) is 0 Å². The van der Waals surface area contributed by atoms with E-state index in [-0.39, 0.29) is 0 Å². The van der Waals surface area contributed by atoms with E-state index in [0.717, 1.165) is 0 Å². The molecule has 1 aliphatic rings. The van der Waals surface area contributed by atoms with E-state index in [1.165, 1.54) is 62.8 Å². The lowest BCUT2D eigenvalue weighted by Gasteiger charge is -2.09. The highest BCUT2D eigenvalue weighted by atomic mass is 15.3. The molecule has 2 nitrogen and oxygen atoms in total. The summed E-state index contributed by atoms with van der Waals surface area (Å²) < 4.78 is 2.15. The Kier molecular flexibility index (Phi) is 4.25. The van der Waals surface area contributed by atoms with E-state index >= 15 is 0 Å². The van der Waals surface area contributed by atoms with Gasteiger partial charge < -0.3 is 0 Å². The third-order valence-electron chi connectivity index (χ3n) is 4.23. The molecule has 0 aliphatic heterocycles. The summed E-state index contributed by atoms with van der Waals surface area (Å²) in [6, 6.07) is 0. The Morgan fingerprint density at radius 2 is 1.76 bits per heavy atom. The molecular formula is C15H26N2. The largest absolute Gasteiger partial charge is 0.272 e. The second-order valence-electron chi connectivity index (χ2n) is 5.51. The van der Waals surface area contributed by atoms with Gasteiger partial charge in [-0.25, -0.2) is 0 Å². The number of nitrogens with zero attached hydrogens (tertiary/aromatic N) is 2. The average Bonchev–Trinajstić information content (AvgIpc) is 2.69. The number of aryl methyl sites for hydroxylation is 1. The SMILES string of the molecule is CCC(C)c1nn(C)c2c1CCCCCCC2. The molecule has 0 radical (unpaired) electrons. The first kappa shape index (κ1) is 12.7. The minimum absolute atomic E-state index is 0.616. The second-order valence-corrected chi connectivity index (χ2v) is 5.51. The van der Waals surface area contributed by atoms with Crippen LogP contribution in [0.15, 0.2) is 0 Å². The quantitative estimate of drug-likeness (QED) is 0.756. The molecule has 0 amide bonds. The van der Waals surface area contributed by atoms with Gasteiger partial charge in [-0.05, 0) is 37.7 Å². The first-order valence-corrected chi connectivity index (χ1v) is 7.28. The Morgan fingerprint density at radius 3 is 2.47 bits per heavy atom. The summed E-state index contributed by atoms with van der Waals surface area (Å²) in [4.78, 5) is 0. The third kappa shape index (κ3) is 2.72. The van der Waals surface area contributed by atoms with Crippen molar-refractivity contribution in [2.45, 2.75) is 71.1 Å². The molecule has 1 aliphatic carbocycles. The number of hydrogen-bond donors (Lipinski definition) is 0. The standard InChI is InChI=1S/C15H26N2/c1-4-12(2)15-13-10-8-6-5-7-9-11-14(13)17(3)16-15/h12H,4-11H2,1-3H3. The van der Waals surface area contributed by atoms with E-state index in [9.17, 15) is 0 Å². The van der Waals surface area contributed by atoms with E-state index < -0.39 is 0 Å². The van der Waals surface area contributed by atoms with Crippen LogP contribution in [0.1, 0.15) is 75.2 Å². The lowest BCUT2D eigenvalue weighted by molar-refractivity contribution is 0.602. The van der Waals surface area contributed by atoms with Gasteiger partial charge >= 0.3 is 0 Å². The van der Waals surface area contributed by atoms with Crippen LogP contribution >= 0.6 is 0 Å². The van der Waals surface area contributed by atoms with Gasteiger partial charge in [0.25, 0.3) is 0 Å². The zero-order chi connectivity index (χ0) is 12.3. The Morgan fingerprint density at radius 1 is 1.12 bits per heavy atom. The molecule has 0 saturated carbocycles. The van der Waals surface area contributed by atoms with E-state index in [2.05, 4.69) is 25.6 Å². The van der Waals surface area contributed by atoms with Crippen molar-refractivity contribution in [3.05, 3.63) is 17.0 Å². The molecule has 0 aromatic carbocycles. The first-order valence-electron chi connectivity index (χ1n) is 7.28. The average molecular weight is 234 g/mol. The van der Waals surface area contributed by atoms with Crippen LogP contribution in [0.4, 0.5) is 0 Å². The van der Waals surface area contributed by atoms with Gasteiger partial charge in [-0.2, -0.15) is 5.10 Å². The van der Waals surface area contributed by atoms with E-state index in [0.29, 0.717) is 5.92 Å². The van der Waals surface area contributed by atoms with E-state index in [4.69, 9.17) is 5.10 Å². The van der Waals surface area contributed by atoms with E-state index in [1.54, 1.807) is 5.56 Å². The van der Waals surface area contributed by atoms with Crippen LogP contribution in [0.5, 0.6) is 0 Å². The molecule has 1 unspecified atom stereocenters. The maximum atomic E-state index is 4.79. The first-order chi connectivity index (χ1) is 8.24. The predicted molar refractivity (Wildman–Crippen MR) is 72.4 cm³/mol. The van der Waals surface area contributed by atoms with Crippen molar-refractivity contribution < 1.29 is 0 Å². The summed E-state index contributed by atoms with van der Waals surface area (Å²) in [6.07, 6.45) is 10.6. The molecule has 1 atom stereocenters. The zero-order valence-electron chi connectivity index (χ0n) is 11.6. The molecule has 0 spiro atoms. The van der Waals surface area contributed by atoms with Gasteiger partial charge in [-0.1, -0.05) is 33.1 Å². The zero-order valence-corrected chi connectivity index (χ0v) is 11.6. The minimum atomic E-state index is 0.616. The molecule has 1 heterocycles. The van der Waals surface area contributed by atoms with Gasteiger partial charge in [0, 0.05) is 18.7 Å². The molecule has 0 bridgehead atoms. The molecular weight excluding hydrogens is 208 g/mol. The fraction of sp³-hybridized carbons (Fsp3) is 0.800. The van der Waals surface area contributed by atoms with Crippen LogP contribution in [0.25, 0.3) is 0 Å². The predicted octanol–water partition coefficient (Wildman–Crippen LogP) is 3.98. The lowest BCUT2D eigenvalue weighted by Crippen LogP contribution is -2.00. The van der Waals surface area contributed by atoms with Gasteiger partial charge in [-0.3, -0.25) is 4.68 Å². The highest BCUT2D eigenvalue weighted by molar-refractivity contribution is 5.29. The van der Waals surface area contributed by atoms with Gasteiger partial charge in [0.05, 0.1) is 5.69 Å². The minimum Gasteiger partial charge on any atom is -0.272 e. The fourth-order valence-electron chi connectivity index (χ4n) is 2.92. The van der Waals surface area contributed by atoms with Crippen molar-refractivity contribution in [1.29, 1.82) is 0 Å². The van der Waals surface area contributed by atoms with Crippen LogP contribution in [-0.4, -0.2) is 9.78 Å². The molecule has 0 fully saturated rings. The van der Waals surface area contributed by atoms with Crippen LogP contribution < -0.4 is 0 Å². The van der Waals surface area contributed by atoms with Crippen molar-refractivity contribution in [1.82, 2.24) is 9.78 Å². The number of aromatic nitrogens is 2. The third-order valence-corrected chi connectivity index (χ3v) is 4.23. The van der Waals surface area contributed by atoms with Crippen molar-refractivity contribution in [2.75, 3.05) is 0 Å². The Bertz CT molecular complexity index is 365. The van der Waals surface area contributed by atoms with Crippen molar-refractivity contribution in [3.8, 4) is 0 Å². The molecule has 96 valence electrons. The summed E-state index contributed by atoms with van der Waals surface area (Å²) >= 11 is 0. The highest BCUT2D eigenvalue weighted by Gasteiger charge is 2.19. The maximum absolute atomic E-state index is 4.79. The molecule has 17 heavy (non-hydrogen) atoms. The fourth-order valence-corrected chi connectivity index (χ4v) is 2.92. The van der Waals surface area contributed by atoms with Crippen molar-refractivity contribution in [2.24, 2.45) is 7.05 Å². The normalized spacial score (nSPS) is 19.0. The molecule has 0 saturated heterocycles. The van der Waals surface area contributed by atoms with Gasteiger partial charge in [0.15, 0.2) is 0 Å². The number of fused-ring (bicyclic) bond motifs is 1. The molecule has 0 N–H and O–H groups in total. The summed E-state index contributed by atoms with van der Waals surface area (Å²) in [5.74, 6) is 0.616. The number of hydrogen-bond acceptors (Lipinski definition) is 1. The van der Waals surface area contributed by atoms with Crippen LogP contribution in [0.3, 0.4) is 0 Å². The van der Waals surface area contributed by atoms with Gasteiger partial charge in [-0.15, -0.1) is 0 Å². The summed E-state index contributed by atoms with van der Waals surface area (Å²) in [7, 11) is 2.13. The topological polar surface area (TPSA) is 17.8 Å². The molecule has 1 aromatic rings. The summed E-state index contributed by atoms with van der Waals surface area (Å²) in [5, 5.41) is 4.79. The van der Waals surface area contributed by atoms with Crippen molar-refractivity contribution in [3.63, 3.8) is 0 Å². The maximum Gasteiger partial charge on any atom is 0.0687 e. The molecule has 2 heteroatoms. The Hall–Kier alpha value is -0.790. The monoisotopic (exact) mass is 234 g/mol. The smallest absolute Gasteiger partial charge is 0.0687 e. The molecule has 1 aromatic heterocycles. The van der Waals surface area contributed by atoms with Crippen LogP contribution in [-0.2, 0) is 19.9 Å².